The topological polar surface area (TPSA) is 86.2 Å². The maximum absolute atomic E-state index is 13.8. The summed E-state index contributed by atoms with van der Waals surface area (Å²) < 4.78 is 44.1. The lowest BCUT2D eigenvalue weighted by atomic mass is 10.0. The Kier molecular flexibility index (Phi) is 5.24. The quantitative estimate of drug-likeness (QED) is 0.505. The van der Waals surface area contributed by atoms with E-state index in [-0.39, 0.29) is 16.5 Å². The fourth-order valence-electron chi connectivity index (χ4n) is 3.28. The second kappa shape index (κ2) is 7.85. The third kappa shape index (κ3) is 4.03. The lowest BCUT2D eigenvalue weighted by Gasteiger charge is -2.07. The van der Waals surface area contributed by atoms with Crippen LogP contribution in [0.15, 0.2) is 82.1 Å². The molecule has 1 aromatic heterocycles. The number of nitrogens with two attached hydrogens (primary N) is 1. The number of nitrogens with zero attached hydrogens (tertiary/aromatic N) is 1. The van der Waals surface area contributed by atoms with E-state index in [1.807, 2.05) is 30.3 Å². The summed E-state index contributed by atoms with van der Waals surface area (Å²) in [5, 5.41) is 5.42. The van der Waals surface area contributed by atoms with Gasteiger partial charge in [-0.3, -0.25) is 0 Å². The Labute approximate surface area is 174 Å². The van der Waals surface area contributed by atoms with E-state index in [0.29, 0.717) is 34.7 Å². The number of benzene rings is 3. The molecule has 2 N–H and O–H groups in total. The molecule has 0 radical (unpaired) electrons. The van der Waals surface area contributed by atoms with Crippen molar-refractivity contribution < 1.29 is 17.2 Å². The van der Waals surface area contributed by atoms with Crippen LogP contribution in [0.4, 0.5) is 4.39 Å². The van der Waals surface area contributed by atoms with Gasteiger partial charge in [0, 0.05) is 17.5 Å². The molecule has 0 spiro atoms. The van der Waals surface area contributed by atoms with E-state index in [4.69, 9.17) is 9.56 Å². The molecule has 0 aliphatic rings. The summed E-state index contributed by atoms with van der Waals surface area (Å²) in [7, 11) is -3.99. The molecule has 152 valence electrons. The second-order valence-corrected chi connectivity index (χ2v) is 8.48. The van der Waals surface area contributed by atoms with Crippen LogP contribution >= 0.6 is 0 Å². The zero-order valence-corrected chi connectivity index (χ0v) is 17.0. The Morgan fingerprint density at radius 3 is 2.40 bits per heavy atom. The zero-order chi connectivity index (χ0) is 21.3. The summed E-state index contributed by atoms with van der Waals surface area (Å²) in [6.45, 7) is 1.65. The molecule has 5 nitrogen and oxygen atoms in total. The zero-order valence-electron chi connectivity index (χ0n) is 16.2. The monoisotopic (exact) mass is 422 g/mol. The number of rotatable bonds is 5. The van der Waals surface area contributed by atoms with E-state index >= 15 is 0 Å². The van der Waals surface area contributed by atoms with Crippen LogP contribution in [0.5, 0.6) is 0 Å². The molecule has 7 heteroatoms. The minimum atomic E-state index is -3.99. The smallest absolute Gasteiger partial charge is 0.238 e. The fourth-order valence-corrected chi connectivity index (χ4v) is 4.02. The molecule has 0 amide bonds. The molecule has 3 aromatic carbocycles. The molecule has 0 bridgehead atoms. The minimum Gasteiger partial charge on any atom is -0.440 e. The van der Waals surface area contributed by atoms with Crippen LogP contribution in [0, 0.1) is 12.7 Å². The fraction of sp³-hybridized carbons (Fsp3) is 0.0870. The Morgan fingerprint density at radius 2 is 1.70 bits per heavy atom. The Balaban J connectivity index is 1.92. The largest absolute Gasteiger partial charge is 0.440 e. The first-order valence-electron chi connectivity index (χ1n) is 9.25. The lowest BCUT2D eigenvalue weighted by molar-refractivity contribution is 0.518. The first-order chi connectivity index (χ1) is 14.3. The molecule has 0 saturated heterocycles. The van der Waals surface area contributed by atoms with E-state index < -0.39 is 10.0 Å². The molecule has 0 aliphatic carbocycles. The van der Waals surface area contributed by atoms with Crippen molar-refractivity contribution in [2.75, 3.05) is 0 Å². The number of aromatic nitrogens is 1. The van der Waals surface area contributed by atoms with Crippen LogP contribution in [-0.4, -0.2) is 13.4 Å². The van der Waals surface area contributed by atoms with Gasteiger partial charge >= 0.3 is 0 Å². The highest BCUT2D eigenvalue weighted by atomic mass is 32.2. The van der Waals surface area contributed by atoms with E-state index in [1.54, 1.807) is 37.3 Å². The highest BCUT2D eigenvalue weighted by Crippen LogP contribution is 2.36. The van der Waals surface area contributed by atoms with Crippen LogP contribution in [0.25, 0.3) is 22.6 Å². The van der Waals surface area contributed by atoms with Crippen molar-refractivity contribution in [3.8, 4) is 22.6 Å². The highest BCUT2D eigenvalue weighted by molar-refractivity contribution is 7.89. The van der Waals surface area contributed by atoms with Gasteiger partial charge in [-0.1, -0.05) is 42.5 Å². The van der Waals surface area contributed by atoms with E-state index in [0.717, 1.165) is 5.56 Å². The van der Waals surface area contributed by atoms with Gasteiger partial charge in [0.2, 0.25) is 10.0 Å². The first kappa shape index (κ1) is 20.0. The number of primary sulfonamides is 1. The van der Waals surface area contributed by atoms with Crippen molar-refractivity contribution in [3.63, 3.8) is 0 Å². The molecular weight excluding hydrogens is 403 g/mol. The molecule has 0 fully saturated rings. The predicted molar refractivity (Wildman–Crippen MR) is 113 cm³/mol. The van der Waals surface area contributed by atoms with Crippen LogP contribution in [0.2, 0.25) is 0 Å². The summed E-state index contributed by atoms with van der Waals surface area (Å²) >= 11 is 0. The van der Waals surface area contributed by atoms with Crippen LogP contribution in [0.1, 0.15) is 17.0 Å². The average molecular weight is 422 g/mol. The first-order valence-corrected chi connectivity index (χ1v) is 10.8. The van der Waals surface area contributed by atoms with Gasteiger partial charge in [0.1, 0.15) is 11.5 Å². The van der Waals surface area contributed by atoms with Crippen molar-refractivity contribution in [2.24, 2.45) is 5.14 Å². The van der Waals surface area contributed by atoms with Crippen molar-refractivity contribution in [1.82, 2.24) is 4.98 Å². The summed E-state index contributed by atoms with van der Waals surface area (Å²) in [5.74, 6) is 0.354. The number of aryl methyl sites for hydroxylation is 1. The Bertz CT molecular complexity index is 1320. The molecule has 0 atom stereocenters. The van der Waals surface area contributed by atoms with Gasteiger partial charge in [0.25, 0.3) is 0 Å². The number of sulfonamides is 1. The average Bonchev–Trinajstić information content (AvgIpc) is 3.14. The SMILES string of the molecule is Cc1cc(-c2nc(Cc3ccccc3)oc2-c2ccccc2S(N)(=O)=O)ccc1F. The molecule has 0 saturated carbocycles. The van der Waals surface area contributed by atoms with Crippen molar-refractivity contribution in [3.05, 3.63) is 95.6 Å². The standard InChI is InChI=1S/C23H19FN2O3S/c1-15-13-17(11-12-19(15)24)22-23(18-9-5-6-10-20(18)30(25,27)28)29-21(26-22)14-16-7-3-2-4-8-16/h2-13H,14H2,1H3,(H2,25,27,28). The molecule has 1 heterocycles. The van der Waals surface area contributed by atoms with Gasteiger partial charge in [0.05, 0.1) is 4.90 Å². The third-order valence-electron chi connectivity index (χ3n) is 4.74. The van der Waals surface area contributed by atoms with E-state index in [2.05, 4.69) is 4.98 Å². The summed E-state index contributed by atoms with van der Waals surface area (Å²) in [5.41, 5.74) is 2.80. The third-order valence-corrected chi connectivity index (χ3v) is 5.71. The van der Waals surface area contributed by atoms with Gasteiger partial charge in [-0.25, -0.2) is 22.9 Å². The Hall–Kier alpha value is -3.29. The second-order valence-electron chi connectivity index (χ2n) is 6.95. The molecule has 0 unspecified atom stereocenters. The summed E-state index contributed by atoms with van der Waals surface area (Å²) in [6.07, 6.45) is 0.422. The molecule has 30 heavy (non-hydrogen) atoms. The van der Waals surface area contributed by atoms with Gasteiger partial charge in [-0.05, 0) is 48.4 Å². The maximum Gasteiger partial charge on any atom is 0.238 e. The van der Waals surface area contributed by atoms with Gasteiger partial charge in [0.15, 0.2) is 11.7 Å². The van der Waals surface area contributed by atoms with E-state index in [1.165, 1.54) is 12.1 Å². The highest BCUT2D eigenvalue weighted by Gasteiger charge is 2.23. The number of hydrogen-bond acceptors (Lipinski definition) is 4. The Morgan fingerprint density at radius 1 is 1.00 bits per heavy atom. The van der Waals surface area contributed by atoms with Crippen LogP contribution in [-0.2, 0) is 16.4 Å². The molecule has 4 aromatic rings. The normalized spacial score (nSPS) is 11.6. The molecule has 0 aliphatic heterocycles. The minimum absolute atomic E-state index is 0.0625. The van der Waals surface area contributed by atoms with Gasteiger partial charge < -0.3 is 4.42 Å². The number of oxazole rings is 1. The van der Waals surface area contributed by atoms with Crippen LogP contribution in [0.3, 0.4) is 0 Å². The van der Waals surface area contributed by atoms with Crippen LogP contribution < -0.4 is 5.14 Å². The van der Waals surface area contributed by atoms with E-state index in [9.17, 15) is 12.8 Å². The molecule has 4 rings (SSSR count). The van der Waals surface area contributed by atoms with Crippen molar-refractivity contribution in [1.29, 1.82) is 0 Å². The van der Waals surface area contributed by atoms with Gasteiger partial charge in [-0.2, -0.15) is 0 Å². The van der Waals surface area contributed by atoms with Crippen molar-refractivity contribution >= 4 is 10.0 Å². The van der Waals surface area contributed by atoms with Crippen molar-refractivity contribution in [2.45, 2.75) is 18.2 Å². The predicted octanol–water partition coefficient (Wildman–Crippen LogP) is 4.69. The summed E-state index contributed by atoms with van der Waals surface area (Å²) in [6, 6.07) is 20.6. The van der Waals surface area contributed by atoms with Gasteiger partial charge in [-0.15, -0.1) is 0 Å². The number of hydrogen-bond donors (Lipinski definition) is 1. The molecular formula is C23H19FN2O3S. The maximum atomic E-state index is 13.8. The lowest BCUT2D eigenvalue weighted by Crippen LogP contribution is -2.13. The number of halogens is 1. The summed E-state index contributed by atoms with van der Waals surface area (Å²) in [4.78, 5) is 4.56.